The zero-order valence-electron chi connectivity index (χ0n) is 11.7. The zero-order chi connectivity index (χ0) is 14.7. The van der Waals surface area contributed by atoms with E-state index in [9.17, 15) is 4.79 Å². The summed E-state index contributed by atoms with van der Waals surface area (Å²) >= 11 is 0. The van der Waals surface area contributed by atoms with Crippen LogP contribution in [0.25, 0.3) is 10.9 Å². The number of methoxy groups -OCH3 is 1. The molecular formula is C17H16N2O2. The van der Waals surface area contributed by atoms with Crippen molar-refractivity contribution >= 4 is 16.8 Å². The van der Waals surface area contributed by atoms with Crippen LogP contribution in [0.2, 0.25) is 0 Å². The average Bonchev–Trinajstić information content (AvgIpc) is 3.00. The van der Waals surface area contributed by atoms with Gasteiger partial charge in [0.05, 0.1) is 7.11 Å². The number of hydrogen-bond acceptors (Lipinski definition) is 2. The van der Waals surface area contributed by atoms with Crippen LogP contribution in [0.1, 0.15) is 15.9 Å². The number of carbonyl (C=O) groups is 1. The van der Waals surface area contributed by atoms with Crippen LogP contribution in [0.4, 0.5) is 0 Å². The van der Waals surface area contributed by atoms with Crippen LogP contribution in [0.15, 0.2) is 54.7 Å². The highest BCUT2D eigenvalue weighted by atomic mass is 16.5. The highest BCUT2D eigenvalue weighted by molar-refractivity contribution is 5.98. The molecule has 3 rings (SSSR count). The number of ether oxygens (including phenoxy) is 1. The minimum atomic E-state index is -0.0935. The normalized spacial score (nSPS) is 10.5. The van der Waals surface area contributed by atoms with E-state index >= 15 is 0 Å². The van der Waals surface area contributed by atoms with E-state index in [4.69, 9.17) is 4.74 Å². The summed E-state index contributed by atoms with van der Waals surface area (Å²) in [5.41, 5.74) is 2.63. The molecule has 3 aromatic rings. The standard InChI is InChI=1S/C17H16N2O2/c1-21-16-5-3-2-4-14(16)11-19-17(20)13-6-7-15-12(10-13)8-9-18-15/h2-10,18H,11H2,1H3,(H,19,20). The Morgan fingerprint density at radius 3 is 2.90 bits per heavy atom. The molecule has 0 saturated heterocycles. The van der Waals surface area contributed by atoms with E-state index in [1.807, 2.05) is 54.7 Å². The Morgan fingerprint density at radius 2 is 2.05 bits per heavy atom. The number of hydrogen-bond donors (Lipinski definition) is 2. The topological polar surface area (TPSA) is 54.1 Å². The highest BCUT2D eigenvalue weighted by Crippen LogP contribution is 2.17. The van der Waals surface area contributed by atoms with E-state index in [1.165, 1.54) is 0 Å². The van der Waals surface area contributed by atoms with Crippen molar-refractivity contribution in [3.8, 4) is 5.75 Å². The molecule has 21 heavy (non-hydrogen) atoms. The van der Waals surface area contributed by atoms with Crippen molar-refractivity contribution in [2.75, 3.05) is 7.11 Å². The second kappa shape index (κ2) is 5.71. The summed E-state index contributed by atoms with van der Waals surface area (Å²) in [5.74, 6) is 0.683. The number of para-hydroxylation sites is 1. The maximum Gasteiger partial charge on any atom is 0.251 e. The van der Waals surface area contributed by atoms with Crippen LogP contribution in [0.5, 0.6) is 5.75 Å². The summed E-state index contributed by atoms with van der Waals surface area (Å²) in [6.45, 7) is 0.439. The third kappa shape index (κ3) is 2.74. The largest absolute Gasteiger partial charge is 0.496 e. The van der Waals surface area contributed by atoms with Crippen molar-refractivity contribution in [2.24, 2.45) is 0 Å². The number of H-pyrrole nitrogens is 1. The lowest BCUT2D eigenvalue weighted by atomic mass is 10.1. The van der Waals surface area contributed by atoms with Gasteiger partial charge in [-0.25, -0.2) is 0 Å². The molecular weight excluding hydrogens is 264 g/mol. The molecule has 0 aliphatic carbocycles. The molecule has 0 saturated carbocycles. The van der Waals surface area contributed by atoms with E-state index in [0.29, 0.717) is 12.1 Å². The third-order valence-electron chi connectivity index (χ3n) is 3.45. The first-order valence-corrected chi connectivity index (χ1v) is 6.75. The zero-order valence-corrected chi connectivity index (χ0v) is 11.7. The number of nitrogens with one attached hydrogen (secondary N) is 2. The summed E-state index contributed by atoms with van der Waals surface area (Å²) in [5, 5.41) is 3.95. The van der Waals surface area contributed by atoms with Crippen LogP contribution in [-0.2, 0) is 6.54 Å². The van der Waals surface area contributed by atoms with Gasteiger partial charge in [-0.2, -0.15) is 0 Å². The quantitative estimate of drug-likeness (QED) is 0.771. The smallest absolute Gasteiger partial charge is 0.251 e. The lowest BCUT2D eigenvalue weighted by molar-refractivity contribution is 0.0951. The van der Waals surface area contributed by atoms with Gasteiger partial charge in [0.25, 0.3) is 5.91 Å². The lowest BCUT2D eigenvalue weighted by Crippen LogP contribution is -2.22. The molecule has 0 radical (unpaired) electrons. The van der Waals surface area contributed by atoms with E-state index in [1.54, 1.807) is 7.11 Å². The molecule has 0 fully saturated rings. The van der Waals surface area contributed by atoms with Gasteiger partial charge in [-0.05, 0) is 30.3 Å². The molecule has 1 amide bonds. The summed E-state index contributed by atoms with van der Waals surface area (Å²) in [4.78, 5) is 15.3. The van der Waals surface area contributed by atoms with Gasteiger partial charge in [0.15, 0.2) is 0 Å². The van der Waals surface area contributed by atoms with Crippen LogP contribution >= 0.6 is 0 Å². The van der Waals surface area contributed by atoms with Gasteiger partial charge in [0, 0.05) is 34.8 Å². The molecule has 1 heterocycles. The molecule has 1 aromatic heterocycles. The molecule has 0 unspecified atom stereocenters. The Kier molecular flexibility index (Phi) is 3.60. The minimum Gasteiger partial charge on any atom is -0.496 e. The predicted octanol–water partition coefficient (Wildman–Crippen LogP) is 3.11. The van der Waals surface area contributed by atoms with Crippen LogP contribution < -0.4 is 10.1 Å². The Balaban J connectivity index is 1.74. The van der Waals surface area contributed by atoms with Gasteiger partial charge in [-0.15, -0.1) is 0 Å². The van der Waals surface area contributed by atoms with Gasteiger partial charge in [0.2, 0.25) is 0 Å². The second-order valence-electron chi connectivity index (χ2n) is 4.77. The maximum absolute atomic E-state index is 12.2. The molecule has 0 spiro atoms. The van der Waals surface area contributed by atoms with Gasteiger partial charge in [-0.3, -0.25) is 4.79 Å². The number of amides is 1. The number of rotatable bonds is 4. The first-order chi connectivity index (χ1) is 10.3. The molecule has 0 aliphatic rings. The van der Waals surface area contributed by atoms with Crippen molar-refractivity contribution in [3.63, 3.8) is 0 Å². The number of aromatic nitrogens is 1. The Labute approximate surface area is 122 Å². The molecule has 0 aliphatic heterocycles. The van der Waals surface area contributed by atoms with Gasteiger partial charge < -0.3 is 15.0 Å². The lowest BCUT2D eigenvalue weighted by Gasteiger charge is -2.09. The number of benzene rings is 2. The molecule has 4 nitrogen and oxygen atoms in total. The van der Waals surface area contributed by atoms with E-state index in [-0.39, 0.29) is 5.91 Å². The van der Waals surface area contributed by atoms with E-state index < -0.39 is 0 Å². The summed E-state index contributed by atoms with van der Waals surface area (Å²) in [7, 11) is 1.63. The molecule has 0 bridgehead atoms. The van der Waals surface area contributed by atoms with Crippen molar-refractivity contribution in [2.45, 2.75) is 6.54 Å². The van der Waals surface area contributed by atoms with Gasteiger partial charge in [0.1, 0.15) is 5.75 Å². The van der Waals surface area contributed by atoms with Crippen molar-refractivity contribution in [1.29, 1.82) is 0 Å². The highest BCUT2D eigenvalue weighted by Gasteiger charge is 2.08. The first kappa shape index (κ1) is 13.2. The van der Waals surface area contributed by atoms with Crippen LogP contribution in [-0.4, -0.2) is 18.0 Å². The number of carbonyl (C=O) groups excluding carboxylic acids is 1. The van der Waals surface area contributed by atoms with Crippen molar-refractivity contribution in [3.05, 3.63) is 65.9 Å². The van der Waals surface area contributed by atoms with E-state index in [0.717, 1.165) is 22.2 Å². The first-order valence-electron chi connectivity index (χ1n) is 6.75. The summed E-state index contributed by atoms with van der Waals surface area (Å²) in [6, 6.07) is 15.2. The monoisotopic (exact) mass is 280 g/mol. The second-order valence-corrected chi connectivity index (χ2v) is 4.77. The summed E-state index contributed by atoms with van der Waals surface area (Å²) < 4.78 is 5.28. The Hall–Kier alpha value is -2.75. The maximum atomic E-state index is 12.2. The van der Waals surface area contributed by atoms with Crippen LogP contribution in [0.3, 0.4) is 0 Å². The molecule has 2 N–H and O–H groups in total. The Bertz CT molecular complexity index is 777. The van der Waals surface area contributed by atoms with Gasteiger partial charge >= 0.3 is 0 Å². The van der Waals surface area contributed by atoms with Crippen molar-refractivity contribution < 1.29 is 9.53 Å². The molecule has 2 aromatic carbocycles. The van der Waals surface area contributed by atoms with E-state index in [2.05, 4.69) is 10.3 Å². The SMILES string of the molecule is COc1ccccc1CNC(=O)c1ccc2[nH]ccc2c1. The fourth-order valence-electron chi connectivity index (χ4n) is 2.32. The average molecular weight is 280 g/mol. The third-order valence-corrected chi connectivity index (χ3v) is 3.45. The van der Waals surface area contributed by atoms with Gasteiger partial charge in [-0.1, -0.05) is 18.2 Å². The minimum absolute atomic E-state index is 0.0935. The van der Waals surface area contributed by atoms with Crippen LogP contribution in [0, 0.1) is 0 Å². The fourth-order valence-corrected chi connectivity index (χ4v) is 2.32. The Morgan fingerprint density at radius 1 is 1.19 bits per heavy atom. The number of fused-ring (bicyclic) bond motifs is 1. The summed E-state index contributed by atoms with van der Waals surface area (Å²) in [6.07, 6.45) is 1.86. The number of aromatic amines is 1. The van der Waals surface area contributed by atoms with Crippen molar-refractivity contribution in [1.82, 2.24) is 10.3 Å². The fraction of sp³-hybridized carbons (Fsp3) is 0.118. The molecule has 106 valence electrons. The molecule has 0 atom stereocenters. The predicted molar refractivity (Wildman–Crippen MR) is 82.5 cm³/mol. The molecule has 4 heteroatoms.